The van der Waals surface area contributed by atoms with Crippen LogP contribution in [0.5, 0.6) is 0 Å². The van der Waals surface area contributed by atoms with Gasteiger partial charge in [0.05, 0.1) is 41.3 Å². The molecule has 4 N–H and O–H groups in total. The number of aliphatic hydroxyl groups is 2. The summed E-state index contributed by atoms with van der Waals surface area (Å²) in [6.07, 6.45) is -0.770. The molecule has 1 aromatic carbocycles. The van der Waals surface area contributed by atoms with Gasteiger partial charge in [0.25, 0.3) is 5.69 Å². The van der Waals surface area contributed by atoms with Crippen LogP contribution < -0.4 is 5.73 Å². The molecular weight excluding hydrogens is 593 g/mol. The molecule has 2 aromatic heterocycles. The molecule has 1 fully saturated rings. The van der Waals surface area contributed by atoms with Crippen LogP contribution in [0.1, 0.15) is 43.7 Å². The van der Waals surface area contributed by atoms with Gasteiger partial charge in [-0.25, -0.2) is 4.98 Å². The Morgan fingerprint density at radius 2 is 2.17 bits per heavy atom. The number of ether oxygens (including phenoxy) is 2. The molecule has 3 heterocycles. The van der Waals surface area contributed by atoms with E-state index in [1.165, 1.54) is 6.07 Å². The van der Waals surface area contributed by atoms with E-state index < -0.39 is 29.5 Å². The highest BCUT2D eigenvalue weighted by Crippen LogP contribution is 2.38. The second kappa shape index (κ2) is 10.5. The van der Waals surface area contributed by atoms with Crippen molar-refractivity contribution in [3.63, 3.8) is 0 Å². The number of nitro groups is 1. The molecular formula is C22H25ClIN5O6. The highest BCUT2D eigenvalue weighted by atomic mass is 127. The van der Waals surface area contributed by atoms with Gasteiger partial charge >= 0.3 is 0 Å². The fraction of sp³-hybridized carbons (Fsp3) is 0.455. The van der Waals surface area contributed by atoms with Crippen molar-refractivity contribution in [3.05, 3.63) is 54.4 Å². The number of aromatic nitrogens is 3. The van der Waals surface area contributed by atoms with E-state index in [-0.39, 0.29) is 42.3 Å². The zero-order chi connectivity index (χ0) is 25.4. The lowest BCUT2D eigenvalue weighted by Crippen LogP contribution is -2.24. The van der Waals surface area contributed by atoms with Gasteiger partial charge in [-0.2, -0.15) is 4.98 Å². The molecule has 0 amide bonds. The number of fused-ring (bicyclic) bond motifs is 1. The van der Waals surface area contributed by atoms with E-state index in [2.05, 4.69) is 9.97 Å². The number of nitro benzene ring substituents is 1. The second-order valence-electron chi connectivity index (χ2n) is 8.68. The Balaban J connectivity index is 1.71. The number of hydrogen-bond donors (Lipinski definition) is 3. The third kappa shape index (κ3) is 5.22. The number of rotatable bonds is 8. The number of nitrogen functional groups attached to an aromatic ring is 1. The Hall–Kier alpha value is -2.10. The number of hydrogen-bond acceptors (Lipinski definition) is 9. The summed E-state index contributed by atoms with van der Waals surface area (Å²) in [6, 6.07) is 5.04. The zero-order valence-corrected chi connectivity index (χ0v) is 21.9. The van der Waals surface area contributed by atoms with Crippen LogP contribution in [0.15, 0.2) is 24.4 Å². The Morgan fingerprint density at radius 3 is 2.80 bits per heavy atom. The summed E-state index contributed by atoms with van der Waals surface area (Å²) >= 11 is 8.47. The number of aliphatic hydroxyl groups excluding tert-OH is 2. The Kier molecular flexibility index (Phi) is 7.78. The number of nitrogens with two attached hydrogens (primary N) is 1. The van der Waals surface area contributed by atoms with Gasteiger partial charge in [0.15, 0.2) is 0 Å². The lowest BCUT2D eigenvalue weighted by Gasteiger charge is -2.22. The van der Waals surface area contributed by atoms with Crippen LogP contribution >= 0.6 is 34.2 Å². The van der Waals surface area contributed by atoms with Crippen molar-refractivity contribution in [3.8, 4) is 0 Å². The van der Waals surface area contributed by atoms with Crippen molar-refractivity contribution >= 4 is 56.9 Å². The summed E-state index contributed by atoms with van der Waals surface area (Å²) in [5.74, 6) is -0.0933. The largest absolute Gasteiger partial charge is 0.394 e. The van der Waals surface area contributed by atoms with E-state index in [4.69, 9.17) is 26.8 Å². The molecule has 4 rings (SSSR count). The molecule has 0 saturated carbocycles. The van der Waals surface area contributed by atoms with Gasteiger partial charge < -0.3 is 30.0 Å². The van der Waals surface area contributed by atoms with Crippen molar-refractivity contribution in [2.45, 2.75) is 51.4 Å². The predicted octanol–water partition coefficient (Wildman–Crippen LogP) is 3.73. The predicted molar refractivity (Wildman–Crippen MR) is 137 cm³/mol. The van der Waals surface area contributed by atoms with Crippen LogP contribution in [-0.2, 0) is 16.1 Å². The molecule has 0 bridgehead atoms. The van der Waals surface area contributed by atoms with Crippen LogP contribution in [0.25, 0.3) is 11.0 Å². The van der Waals surface area contributed by atoms with E-state index >= 15 is 0 Å². The molecule has 13 heteroatoms. The summed E-state index contributed by atoms with van der Waals surface area (Å²) in [6.45, 7) is 3.58. The van der Waals surface area contributed by atoms with E-state index in [1.807, 2.05) is 36.4 Å². The number of halogens is 2. The highest BCUT2D eigenvalue weighted by Gasteiger charge is 2.36. The van der Waals surface area contributed by atoms with Crippen molar-refractivity contribution in [2.75, 3.05) is 12.3 Å². The third-order valence-electron chi connectivity index (χ3n) is 5.94. The molecule has 35 heavy (non-hydrogen) atoms. The van der Waals surface area contributed by atoms with E-state index in [9.17, 15) is 20.3 Å². The number of nitrogens with zero attached hydrogens (tertiary/aromatic N) is 4. The molecule has 0 radical (unpaired) electrons. The fourth-order valence-corrected chi connectivity index (χ4v) is 5.08. The monoisotopic (exact) mass is 617 g/mol. The molecule has 4 atom stereocenters. The van der Waals surface area contributed by atoms with Gasteiger partial charge in [-0.3, -0.25) is 10.1 Å². The highest BCUT2D eigenvalue weighted by molar-refractivity contribution is 14.1. The van der Waals surface area contributed by atoms with Crippen molar-refractivity contribution < 1.29 is 24.6 Å². The van der Waals surface area contributed by atoms with Crippen LogP contribution in [0.3, 0.4) is 0 Å². The van der Waals surface area contributed by atoms with Gasteiger partial charge in [0.2, 0.25) is 5.95 Å². The molecule has 11 nitrogen and oxygen atoms in total. The molecule has 1 saturated heterocycles. The smallest absolute Gasteiger partial charge is 0.276 e. The van der Waals surface area contributed by atoms with E-state index in [0.717, 1.165) is 3.57 Å². The van der Waals surface area contributed by atoms with E-state index in [0.29, 0.717) is 22.2 Å². The lowest BCUT2D eigenvalue weighted by molar-refractivity contribution is -0.386. The summed E-state index contributed by atoms with van der Waals surface area (Å²) in [5.41, 5.74) is 7.34. The minimum atomic E-state index is -0.844. The number of benzene rings is 1. The maximum atomic E-state index is 11.7. The van der Waals surface area contributed by atoms with Crippen LogP contribution in [0.2, 0.25) is 5.15 Å². The Bertz CT molecular complexity index is 1250. The second-order valence-corrected chi connectivity index (χ2v) is 10.3. The van der Waals surface area contributed by atoms with Crippen LogP contribution in [-0.4, -0.2) is 48.5 Å². The minimum absolute atomic E-state index is 0.00411. The topological polar surface area (TPSA) is 159 Å². The SMILES string of the molecule is CC(C)[C@@H](OCc1cn([C@H]2C[C@H](O)[C@@H](CO)O2)c2nc(N)nc(Cl)c12)c1ccc(I)cc1[N+](=O)[O-]. The first-order valence-electron chi connectivity index (χ1n) is 10.9. The molecule has 0 spiro atoms. The third-order valence-corrected chi connectivity index (χ3v) is 6.88. The summed E-state index contributed by atoms with van der Waals surface area (Å²) in [4.78, 5) is 19.7. The average molecular weight is 618 g/mol. The standard InChI is InChI=1S/C22H25ClIN5O6/c1-10(2)19(13-4-3-12(24)5-14(13)29(32)33)34-9-11-7-28(17-6-15(31)16(8-30)35-17)21-18(11)20(23)26-22(25)27-21/h3-5,7,10,15-17,19,30-31H,6,8-9H2,1-2H3,(H2,25,26,27)/t15-,16+,17+,19+/m0/s1. The summed E-state index contributed by atoms with van der Waals surface area (Å²) in [5, 5.41) is 32.0. The maximum Gasteiger partial charge on any atom is 0.276 e. The molecule has 0 aliphatic carbocycles. The van der Waals surface area contributed by atoms with Gasteiger partial charge in [0.1, 0.15) is 23.1 Å². The van der Waals surface area contributed by atoms with Gasteiger partial charge in [-0.15, -0.1) is 0 Å². The Morgan fingerprint density at radius 1 is 1.43 bits per heavy atom. The number of anilines is 1. The first kappa shape index (κ1) is 26.0. The average Bonchev–Trinajstić information content (AvgIpc) is 3.34. The normalized spacial score (nSPS) is 21.2. The van der Waals surface area contributed by atoms with Crippen molar-refractivity contribution in [1.29, 1.82) is 0 Å². The maximum absolute atomic E-state index is 11.7. The van der Waals surface area contributed by atoms with Crippen LogP contribution in [0.4, 0.5) is 11.6 Å². The van der Waals surface area contributed by atoms with Crippen molar-refractivity contribution in [2.24, 2.45) is 5.92 Å². The molecule has 1 aliphatic heterocycles. The first-order chi connectivity index (χ1) is 16.6. The summed E-state index contributed by atoms with van der Waals surface area (Å²) < 4.78 is 14.5. The van der Waals surface area contributed by atoms with Crippen LogP contribution in [0, 0.1) is 19.6 Å². The molecule has 0 unspecified atom stereocenters. The summed E-state index contributed by atoms with van der Waals surface area (Å²) in [7, 11) is 0. The fourth-order valence-electron chi connectivity index (χ4n) is 4.31. The van der Waals surface area contributed by atoms with Gasteiger partial charge in [-0.05, 0) is 40.6 Å². The van der Waals surface area contributed by atoms with Gasteiger partial charge in [0, 0.05) is 27.8 Å². The van der Waals surface area contributed by atoms with Crippen molar-refractivity contribution in [1.82, 2.24) is 14.5 Å². The Labute approximate surface area is 219 Å². The zero-order valence-electron chi connectivity index (χ0n) is 19.0. The molecule has 3 aromatic rings. The molecule has 188 valence electrons. The first-order valence-corrected chi connectivity index (χ1v) is 12.4. The van der Waals surface area contributed by atoms with E-state index in [1.54, 1.807) is 22.9 Å². The molecule has 1 aliphatic rings. The minimum Gasteiger partial charge on any atom is -0.394 e. The van der Waals surface area contributed by atoms with Gasteiger partial charge in [-0.1, -0.05) is 25.4 Å². The quantitative estimate of drug-likeness (QED) is 0.148. The lowest BCUT2D eigenvalue weighted by atomic mass is 9.97.